The summed E-state index contributed by atoms with van der Waals surface area (Å²) in [4.78, 5) is 5.27. The minimum Gasteiger partial charge on any atom is -0.290 e. The van der Waals surface area contributed by atoms with E-state index in [2.05, 4.69) is 67.8 Å². The number of benzene rings is 2. The number of hydrogen-bond donors (Lipinski definition) is 1. The highest BCUT2D eigenvalue weighted by atomic mass is 32.2. The van der Waals surface area contributed by atoms with Crippen LogP contribution in [0.2, 0.25) is 0 Å². The molecular weight excluding hydrogens is 427 g/mol. The first-order valence-electron chi connectivity index (χ1n) is 11.1. The molecule has 3 aliphatic heterocycles. The van der Waals surface area contributed by atoms with Crippen LogP contribution >= 0.6 is 23.5 Å². The van der Waals surface area contributed by atoms with E-state index in [1.807, 2.05) is 6.07 Å². The number of aromatic nitrogens is 2. The van der Waals surface area contributed by atoms with Crippen molar-refractivity contribution < 1.29 is 4.39 Å². The number of fused-ring (bicyclic) bond motifs is 3. The predicted octanol–water partition coefficient (Wildman–Crippen LogP) is 4.99. The summed E-state index contributed by atoms with van der Waals surface area (Å²) >= 11 is 4.28. The summed E-state index contributed by atoms with van der Waals surface area (Å²) in [5, 5.41) is 8.61. The molecular formula is C24H27FN4S2. The van der Waals surface area contributed by atoms with Crippen molar-refractivity contribution >= 4 is 34.4 Å². The van der Waals surface area contributed by atoms with Crippen LogP contribution in [0.15, 0.2) is 42.5 Å². The van der Waals surface area contributed by atoms with Crippen LogP contribution in [0.25, 0.3) is 10.9 Å². The van der Waals surface area contributed by atoms with Crippen molar-refractivity contribution in [2.45, 2.75) is 29.4 Å². The van der Waals surface area contributed by atoms with E-state index >= 15 is 0 Å². The molecule has 1 spiro atoms. The second-order valence-electron chi connectivity index (χ2n) is 8.93. The van der Waals surface area contributed by atoms with Gasteiger partial charge >= 0.3 is 0 Å². The van der Waals surface area contributed by atoms with E-state index in [9.17, 15) is 4.39 Å². The fourth-order valence-corrected chi connectivity index (χ4v) is 8.89. The van der Waals surface area contributed by atoms with Gasteiger partial charge in [-0.3, -0.25) is 14.9 Å². The number of rotatable bonds is 3. The van der Waals surface area contributed by atoms with Gasteiger partial charge in [-0.25, -0.2) is 4.39 Å². The van der Waals surface area contributed by atoms with E-state index in [0.29, 0.717) is 5.92 Å². The van der Waals surface area contributed by atoms with Crippen LogP contribution < -0.4 is 0 Å². The number of piperidine rings is 1. The molecule has 0 unspecified atom stereocenters. The molecule has 4 heterocycles. The third-order valence-electron chi connectivity index (χ3n) is 6.95. The van der Waals surface area contributed by atoms with Gasteiger partial charge in [0, 0.05) is 60.7 Å². The van der Waals surface area contributed by atoms with Gasteiger partial charge in [-0.1, -0.05) is 24.3 Å². The lowest BCUT2D eigenvalue weighted by atomic mass is 9.91. The van der Waals surface area contributed by atoms with Crippen molar-refractivity contribution in [2.75, 3.05) is 37.8 Å². The van der Waals surface area contributed by atoms with Crippen LogP contribution in [0.5, 0.6) is 0 Å². The summed E-state index contributed by atoms with van der Waals surface area (Å²) in [6, 6.07) is 14.0. The van der Waals surface area contributed by atoms with Crippen LogP contribution in [0.3, 0.4) is 0 Å². The molecule has 1 N–H and O–H groups in total. The Labute approximate surface area is 190 Å². The molecule has 2 saturated heterocycles. The van der Waals surface area contributed by atoms with Gasteiger partial charge in [0.2, 0.25) is 0 Å². The van der Waals surface area contributed by atoms with Crippen LogP contribution in [0.4, 0.5) is 4.39 Å². The number of likely N-dealkylation sites (tertiary alicyclic amines) is 1. The van der Waals surface area contributed by atoms with Gasteiger partial charge in [-0.15, -0.1) is 23.5 Å². The SMILES string of the molecule is Fc1ccc2c(C3CCN(CN4Cc5ccccc5C5(C4)SCCS5)CC3)[nH]nc2c1. The number of thioether (sulfide) groups is 2. The Hall–Kier alpha value is -1.54. The standard InChI is InChI=1S/C24H27FN4S2/c25-19-5-6-20-22(13-19)26-27-23(20)17-7-9-28(10-8-17)16-29-14-18-3-1-2-4-21(18)24(15-29)30-11-12-31-24/h1-6,13,17H,7-12,14-16H2,(H,26,27). The number of nitrogens with one attached hydrogen (secondary N) is 1. The van der Waals surface area contributed by atoms with E-state index in [-0.39, 0.29) is 9.90 Å². The molecule has 7 heteroatoms. The summed E-state index contributed by atoms with van der Waals surface area (Å²) in [6.07, 6.45) is 2.24. The minimum atomic E-state index is -0.222. The number of aromatic amines is 1. The Morgan fingerprint density at radius 3 is 2.71 bits per heavy atom. The molecule has 0 amide bonds. The molecule has 3 aromatic rings. The van der Waals surface area contributed by atoms with Gasteiger partial charge in [0.25, 0.3) is 0 Å². The minimum absolute atomic E-state index is 0.220. The lowest BCUT2D eigenvalue weighted by molar-refractivity contribution is 0.0943. The van der Waals surface area contributed by atoms with Crippen molar-refractivity contribution in [1.29, 1.82) is 0 Å². The number of nitrogens with zero attached hydrogens (tertiary/aromatic N) is 3. The van der Waals surface area contributed by atoms with Gasteiger partial charge < -0.3 is 0 Å². The highest BCUT2D eigenvalue weighted by Crippen LogP contribution is 2.55. The zero-order valence-electron chi connectivity index (χ0n) is 17.5. The van der Waals surface area contributed by atoms with E-state index < -0.39 is 0 Å². The Balaban J connectivity index is 1.13. The highest BCUT2D eigenvalue weighted by Gasteiger charge is 2.43. The first-order chi connectivity index (χ1) is 15.2. The molecule has 0 radical (unpaired) electrons. The van der Waals surface area contributed by atoms with E-state index in [1.165, 1.54) is 28.8 Å². The number of H-pyrrole nitrogens is 1. The Morgan fingerprint density at radius 2 is 1.87 bits per heavy atom. The highest BCUT2D eigenvalue weighted by molar-refractivity contribution is 8.20. The smallest absolute Gasteiger partial charge is 0.125 e. The van der Waals surface area contributed by atoms with Crippen LogP contribution in [-0.2, 0) is 10.6 Å². The molecule has 3 aliphatic rings. The Kier molecular flexibility index (Phi) is 5.25. The Morgan fingerprint density at radius 1 is 1.06 bits per heavy atom. The van der Waals surface area contributed by atoms with Crippen molar-refractivity contribution in [3.63, 3.8) is 0 Å². The first kappa shape index (κ1) is 20.1. The van der Waals surface area contributed by atoms with E-state index in [0.717, 1.165) is 56.6 Å². The maximum atomic E-state index is 13.5. The third-order valence-corrected chi connectivity index (χ3v) is 10.4. The zero-order valence-corrected chi connectivity index (χ0v) is 19.2. The molecule has 1 aromatic heterocycles. The lowest BCUT2D eigenvalue weighted by Crippen LogP contribution is -2.47. The molecule has 31 heavy (non-hydrogen) atoms. The topological polar surface area (TPSA) is 35.2 Å². The molecule has 0 saturated carbocycles. The first-order valence-corrected chi connectivity index (χ1v) is 13.1. The van der Waals surface area contributed by atoms with Crippen molar-refractivity contribution in [3.8, 4) is 0 Å². The molecule has 2 fully saturated rings. The van der Waals surface area contributed by atoms with Crippen molar-refractivity contribution in [2.24, 2.45) is 0 Å². The summed E-state index contributed by atoms with van der Waals surface area (Å²) < 4.78 is 13.7. The summed E-state index contributed by atoms with van der Waals surface area (Å²) in [6.45, 7) is 5.42. The van der Waals surface area contributed by atoms with Gasteiger partial charge in [0.15, 0.2) is 0 Å². The van der Waals surface area contributed by atoms with E-state index in [1.54, 1.807) is 11.6 Å². The maximum absolute atomic E-state index is 13.5. The fourth-order valence-electron chi connectivity index (χ4n) is 5.47. The largest absolute Gasteiger partial charge is 0.290 e. The Bertz CT molecular complexity index is 1090. The quantitative estimate of drug-likeness (QED) is 0.603. The summed E-state index contributed by atoms with van der Waals surface area (Å²) in [5.41, 5.74) is 4.97. The summed E-state index contributed by atoms with van der Waals surface area (Å²) in [7, 11) is 0. The van der Waals surface area contributed by atoms with Gasteiger partial charge in [-0.05, 0) is 36.1 Å². The average Bonchev–Trinajstić information content (AvgIpc) is 3.42. The molecule has 0 bridgehead atoms. The number of hydrogen-bond acceptors (Lipinski definition) is 5. The second-order valence-corrected chi connectivity index (χ2v) is 12.0. The molecule has 6 rings (SSSR count). The normalized spacial score (nSPS) is 22.4. The zero-order chi connectivity index (χ0) is 20.8. The van der Waals surface area contributed by atoms with Gasteiger partial charge in [0.05, 0.1) is 16.3 Å². The van der Waals surface area contributed by atoms with Gasteiger partial charge in [-0.2, -0.15) is 5.10 Å². The number of halogens is 1. The monoisotopic (exact) mass is 454 g/mol. The lowest BCUT2D eigenvalue weighted by Gasteiger charge is -2.43. The van der Waals surface area contributed by atoms with Crippen LogP contribution in [0.1, 0.15) is 35.6 Å². The predicted molar refractivity (Wildman–Crippen MR) is 128 cm³/mol. The average molecular weight is 455 g/mol. The van der Waals surface area contributed by atoms with Crippen LogP contribution in [-0.4, -0.2) is 57.8 Å². The van der Waals surface area contributed by atoms with Crippen molar-refractivity contribution in [1.82, 2.24) is 20.0 Å². The van der Waals surface area contributed by atoms with Gasteiger partial charge in [0.1, 0.15) is 5.82 Å². The third kappa shape index (κ3) is 3.69. The molecule has 4 nitrogen and oxygen atoms in total. The molecule has 0 atom stereocenters. The molecule has 0 aliphatic carbocycles. The van der Waals surface area contributed by atoms with Crippen LogP contribution in [0, 0.1) is 5.82 Å². The second kappa shape index (κ2) is 8.10. The molecule has 2 aromatic carbocycles. The molecule has 162 valence electrons. The van der Waals surface area contributed by atoms with Crippen molar-refractivity contribution in [3.05, 3.63) is 65.1 Å². The maximum Gasteiger partial charge on any atom is 0.125 e. The summed E-state index contributed by atoms with van der Waals surface area (Å²) in [5.74, 6) is 2.75. The van der Waals surface area contributed by atoms with E-state index in [4.69, 9.17) is 0 Å². The fraction of sp³-hybridized carbons (Fsp3) is 0.458.